The van der Waals surface area contributed by atoms with E-state index in [1.807, 2.05) is 19.1 Å². The van der Waals surface area contributed by atoms with E-state index in [9.17, 15) is 18.0 Å². The number of esters is 1. The zero-order valence-electron chi connectivity index (χ0n) is 12.8. The molecule has 1 atom stereocenters. The number of aryl methyl sites for hydroxylation is 3. The average molecular weight is 303 g/mol. The van der Waals surface area contributed by atoms with E-state index in [1.165, 1.54) is 6.92 Å². The summed E-state index contributed by atoms with van der Waals surface area (Å²) in [6.07, 6.45) is -4.41. The number of rotatable bonds is 4. The Bertz CT molecular complexity index is 517. The van der Waals surface area contributed by atoms with Gasteiger partial charge in [-0.25, -0.2) is 4.79 Å². The fourth-order valence-corrected chi connectivity index (χ4v) is 2.71. The number of hydrogen-bond donors (Lipinski definition) is 1. The van der Waals surface area contributed by atoms with Gasteiger partial charge in [0.05, 0.1) is 13.7 Å². The summed E-state index contributed by atoms with van der Waals surface area (Å²) in [7, 11) is 1.16. The Kier molecular flexibility index (Phi) is 5.04. The van der Waals surface area contributed by atoms with Gasteiger partial charge < -0.3 is 4.74 Å². The van der Waals surface area contributed by atoms with Crippen LogP contribution in [-0.4, -0.2) is 25.8 Å². The van der Waals surface area contributed by atoms with Crippen LogP contribution in [-0.2, 0) is 15.1 Å². The Labute approximate surface area is 122 Å². The Hall–Kier alpha value is -1.56. The number of alkyl halides is 3. The molecule has 0 saturated heterocycles. The van der Waals surface area contributed by atoms with Crippen molar-refractivity contribution in [1.82, 2.24) is 5.32 Å². The molecule has 0 aliphatic carbocycles. The number of nitrogens with one attached hydrogen (secondary N) is 1. The van der Waals surface area contributed by atoms with Gasteiger partial charge in [0.25, 0.3) is 0 Å². The molecular formula is C15H20F3NO2. The lowest BCUT2D eigenvalue weighted by molar-refractivity contribution is -0.153. The predicted molar refractivity (Wildman–Crippen MR) is 74.1 cm³/mol. The van der Waals surface area contributed by atoms with Crippen molar-refractivity contribution in [1.29, 1.82) is 0 Å². The maximum absolute atomic E-state index is 12.5. The van der Waals surface area contributed by atoms with Crippen LogP contribution in [0.2, 0.25) is 0 Å². The zero-order chi connectivity index (χ0) is 16.4. The van der Waals surface area contributed by atoms with Crippen LogP contribution >= 0.6 is 0 Å². The van der Waals surface area contributed by atoms with Crippen molar-refractivity contribution in [2.75, 3.05) is 13.7 Å². The lowest BCUT2D eigenvalue weighted by Crippen LogP contribution is -2.51. The molecule has 0 aliphatic heterocycles. The van der Waals surface area contributed by atoms with Gasteiger partial charge in [-0.05, 0) is 44.4 Å². The summed E-state index contributed by atoms with van der Waals surface area (Å²) in [5.41, 5.74) is 1.44. The average Bonchev–Trinajstić information content (AvgIpc) is 2.33. The molecule has 1 aromatic carbocycles. The minimum atomic E-state index is -4.41. The van der Waals surface area contributed by atoms with Gasteiger partial charge in [-0.2, -0.15) is 13.2 Å². The van der Waals surface area contributed by atoms with Crippen molar-refractivity contribution in [3.63, 3.8) is 0 Å². The molecule has 1 rings (SSSR count). The third kappa shape index (κ3) is 3.97. The second-order valence-electron chi connectivity index (χ2n) is 5.36. The maximum atomic E-state index is 12.5. The highest BCUT2D eigenvalue weighted by Gasteiger charge is 2.41. The summed E-state index contributed by atoms with van der Waals surface area (Å²) in [6.45, 7) is 5.57. The normalized spacial score (nSPS) is 14.7. The Morgan fingerprint density at radius 3 is 2.05 bits per heavy atom. The van der Waals surface area contributed by atoms with Gasteiger partial charge in [0.2, 0.25) is 0 Å². The number of benzene rings is 1. The highest BCUT2D eigenvalue weighted by molar-refractivity contribution is 5.83. The predicted octanol–water partition coefficient (Wildman–Crippen LogP) is 3.15. The lowest BCUT2D eigenvalue weighted by atomic mass is 9.84. The van der Waals surface area contributed by atoms with E-state index in [0.29, 0.717) is 5.56 Å². The molecule has 3 nitrogen and oxygen atoms in total. The molecule has 0 aromatic heterocycles. The Morgan fingerprint density at radius 1 is 1.19 bits per heavy atom. The molecule has 0 amide bonds. The van der Waals surface area contributed by atoms with Gasteiger partial charge in [0, 0.05) is 0 Å². The number of halogens is 3. The maximum Gasteiger partial charge on any atom is 0.401 e. The van der Waals surface area contributed by atoms with Crippen LogP contribution in [0, 0.1) is 20.8 Å². The van der Waals surface area contributed by atoms with Gasteiger partial charge in [-0.3, -0.25) is 5.32 Å². The summed E-state index contributed by atoms with van der Waals surface area (Å²) in [5, 5.41) is 2.30. The number of carbonyl (C=O) groups is 1. The second-order valence-corrected chi connectivity index (χ2v) is 5.36. The summed E-state index contributed by atoms with van der Waals surface area (Å²) < 4.78 is 42.3. The fourth-order valence-electron chi connectivity index (χ4n) is 2.71. The Morgan fingerprint density at radius 2 is 1.67 bits per heavy atom. The van der Waals surface area contributed by atoms with E-state index in [4.69, 9.17) is 4.74 Å². The topological polar surface area (TPSA) is 38.3 Å². The first-order chi connectivity index (χ1) is 9.51. The lowest BCUT2D eigenvalue weighted by Gasteiger charge is -2.32. The number of methoxy groups -OCH3 is 1. The van der Waals surface area contributed by atoms with Crippen molar-refractivity contribution in [2.24, 2.45) is 0 Å². The van der Waals surface area contributed by atoms with E-state index in [-0.39, 0.29) is 0 Å². The van der Waals surface area contributed by atoms with Gasteiger partial charge in [-0.1, -0.05) is 17.7 Å². The number of ether oxygens (including phenoxy) is 1. The van der Waals surface area contributed by atoms with E-state index in [0.717, 1.165) is 23.8 Å². The molecular weight excluding hydrogens is 283 g/mol. The minimum absolute atomic E-state index is 0.518. The van der Waals surface area contributed by atoms with Gasteiger partial charge in [0.15, 0.2) is 0 Å². The summed E-state index contributed by atoms with van der Waals surface area (Å²) >= 11 is 0. The van der Waals surface area contributed by atoms with Crippen molar-refractivity contribution < 1.29 is 22.7 Å². The van der Waals surface area contributed by atoms with Crippen LogP contribution in [0.1, 0.15) is 29.2 Å². The van der Waals surface area contributed by atoms with Crippen LogP contribution in [0.4, 0.5) is 13.2 Å². The summed E-state index contributed by atoms with van der Waals surface area (Å²) in [4.78, 5) is 12.1. The van der Waals surface area contributed by atoms with E-state index in [2.05, 4.69) is 5.32 Å². The number of hydrogen-bond acceptors (Lipinski definition) is 3. The highest BCUT2D eigenvalue weighted by Crippen LogP contribution is 2.31. The fraction of sp³-hybridized carbons (Fsp3) is 0.533. The van der Waals surface area contributed by atoms with Crippen LogP contribution < -0.4 is 5.32 Å². The van der Waals surface area contributed by atoms with Crippen molar-refractivity contribution in [3.8, 4) is 0 Å². The molecule has 1 unspecified atom stereocenters. The smallest absolute Gasteiger partial charge is 0.401 e. The standard InChI is InChI=1S/C15H20F3NO2/c1-9-6-10(2)12(11(3)7-9)14(4,13(20)21-5)19-8-15(16,17)18/h6-7,19H,8H2,1-5H3. The molecule has 0 aliphatic rings. The second kappa shape index (κ2) is 6.05. The Balaban J connectivity index is 3.35. The molecule has 118 valence electrons. The molecule has 21 heavy (non-hydrogen) atoms. The number of carbonyl (C=O) groups excluding carboxylic acids is 1. The van der Waals surface area contributed by atoms with Crippen LogP contribution in [0.3, 0.4) is 0 Å². The van der Waals surface area contributed by atoms with Crippen molar-refractivity contribution in [3.05, 3.63) is 34.4 Å². The highest BCUT2D eigenvalue weighted by atomic mass is 19.4. The molecule has 0 heterocycles. The third-order valence-electron chi connectivity index (χ3n) is 3.41. The quantitative estimate of drug-likeness (QED) is 0.868. The monoisotopic (exact) mass is 303 g/mol. The molecule has 1 aromatic rings. The first kappa shape index (κ1) is 17.5. The van der Waals surface area contributed by atoms with Crippen LogP contribution in [0.25, 0.3) is 0 Å². The zero-order valence-corrected chi connectivity index (χ0v) is 12.8. The molecule has 0 bridgehead atoms. The van der Waals surface area contributed by atoms with Crippen molar-refractivity contribution in [2.45, 2.75) is 39.4 Å². The van der Waals surface area contributed by atoms with E-state index < -0.39 is 24.2 Å². The van der Waals surface area contributed by atoms with Crippen LogP contribution in [0.15, 0.2) is 12.1 Å². The van der Waals surface area contributed by atoms with E-state index in [1.54, 1.807) is 13.8 Å². The summed E-state index contributed by atoms with van der Waals surface area (Å²) in [6, 6.07) is 3.66. The van der Waals surface area contributed by atoms with Gasteiger partial charge in [-0.15, -0.1) is 0 Å². The van der Waals surface area contributed by atoms with Crippen LogP contribution in [0.5, 0.6) is 0 Å². The summed E-state index contributed by atoms with van der Waals surface area (Å²) in [5.74, 6) is -0.748. The molecule has 6 heteroatoms. The molecule has 0 saturated carbocycles. The third-order valence-corrected chi connectivity index (χ3v) is 3.41. The SMILES string of the molecule is COC(=O)C(C)(NCC(F)(F)F)c1c(C)cc(C)cc1C. The molecule has 0 spiro atoms. The first-order valence-corrected chi connectivity index (χ1v) is 6.50. The first-order valence-electron chi connectivity index (χ1n) is 6.50. The molecule has 0 fully saturated rings. The van der Waals surface area contributed by atoms with E-state index >= 15 is 0 Å². The van der Waals surface area contributed by atoms with Gasteiger partial charge in [0.1, 0.15) is 5.54 Å². The molecule has 1 N–H and O–H groups in total. The van der Waals surface area contributed by atoms with Gasteiger partial charge >= 0.3 is 12.1 Å². The molecule has 0 radical (unpaired) electrons. The largest absolute Gasteiger partial charge is 0.467 e. The minimum Gasteiger partial charge on any atom is -0.467 e. The van der Waals surface area contributed by atoms with Crippen molar-refractivity contribution >= 4 is 5.97 Å².